The molecule has 0 saturated carbocycles. The van der Waals surface area contributed by atoms with Gasteiger partial charge in [-0.3, -0.25) is 9.10 Å². The first-order valence-corrected chi connectivity index (χ1v) is 9.04. The number of benzene rings is 1. The fraction of sp³-hybridized carbons (Fsp3) is 0.533. The second-order valence-corrected chi connectivity index (χ2v) is 7.14. The fourth-order valence-corrected chi connectivity index (χ4v) is 2.97. The van der Waals surface area contributed by atoms with E-state index >= 15 is 0 Å². The quantitative estimate of drug-likeness (QED) is 0.789. The highest BCUT2D eigenvalue weighted by molar-refractivity contribution is 7.92. The van der Waals surface area contributed by atoms with E-state index in [1.165, 1.54) is 7.11 Å². The Hall–Kier alpha value is -1.76. The topological polar surface area (TPSA) is 75.7 Å². The molecule has 1 N–H and O–H groups in total. The number of methoxy groups -OCH3 is 1. The minimum Gasteiger partial charge on any atom is -0.497 e. The van der Waals surface area contributed by atoms with Crippen LogP contribution in [0.1, 0.15) is 26.7 Å². The van der Waals surface area contributed by atoms with Crippen molar-refractivity contribution in [2.24, 2.45) is 0 Å². The van der Waals surface area contributed by atoms with Gasteiger partial charge in [-0.1, -0.05) is 19.4 Å². The number of anilines is 1. The van der Waals surface area contributed by atoms with Crippen LogP contribution in [0, 0.1) is 0 Å². The van der Waals surface area contributed by atoms with Crippen molar-refractivity contribution >= 4 is 21.6 Å². The molecular formula is C15H24N2O4S. The molecule has 0 bridgehead atoms. The van der Waals surface area contributed by atoms with Crippen molar-refractivity contribution in [3.63, 3.8) is 0 Å². The van der Waals surface area contributed by atoms with Crippen LogP contribution in [0.25, 0.3) is 0 Å². The summed E-state index contributed by atoms with van der Waals surface area (Å²) in [5, 5.41) is 2.81. The fourth-order valence-electron chi connectivity index (χ4n) is 2.12. The first kappa shape index (κ1) is 18.3. The smallest absolute Gasteiger partial charge is 0.240 e. The number of amides is 1. The third-order valence-electron chi connectivity index (χ3n) is 3.16. The van der Waals surface area contributed by atoms with Gasteiger partial charge in [0.05, 0.1) is 19.1 Å². The predicted octanol–water partition coefficient (Wildman–Crippen LogP) is 1.77. The van der Waals surface area contributed by atoms with Crippen LogP contribution < -0.4 is 14.4 Å². The van der Waals surface area contributed by atoms with Crippen molar-refractivity contribution in [1.82, 2.24) is 5.32 Å². The van der Waals surface area contributed by atoms with Crippen LogP contribution in [0.4, 0.5) is 5.69 Å². The number of ether oxygens (including phenoxy) is 1. The van der Waals surface area contributed by atoms with Gasteiger partial charge in [0.25, 0.3) is 0 Å². The summed E-state index contributed by atoms with van der Waals surface area (Å²) < 4.78 is 30.1. The lowest BCUT2D eigenvalue weighted by molar-refractivity contribution is -0.120. The number of carbonyl (C=O) groups excluding carboxylic acids is 1. The number of sulfonamides is 1. The summed E-state index contributed by atoms with van der Waals surface area (Å²) in [6.07, 6.45) is 2.88. The SMILES string of the molecule is CCC[C@@H](C)NC(=O)CN(c1cccc(OC)c1)S(C)(=O)=O. The summed E-state index contributed by atoms with van der Waals surface area (Å²) in [6.45, 7) is 3.68. The molecule has 0 radical (unpaired) electrons. The van der Waals surface area contributed by atoms with Crippen molar-refractivity contribution in [2.45, 2.75) is 32.7 Å². The van der Waals surface area contributed by atoms with Crippen LogP contribution in [-0.4, -0.2) is 40.3 Å². The molecule has 6 nitrogen and oxygen atoms in total. The van der Waals surface area contributed by atoms with Crippen LogP contribution in [0.15, 0.2) is 24.3 Å². The highest BCUT2D eigenvalue weighted by atomic mass is 32.2. The second kappa shape index (κ2) is 8.03. The van der Waals surface area contributed by atoms with Gasteiger partial charge in [0.2, 0.25) is 15.9 Å². The zero-order valence-electron chi connectivity index (χ0n) is 13.5. The molecule has 0 aliphatic rings. The summed E-state index contributed by atoms with van der Waals surface area (Å²) in [6, 6.07) is 6.64. The first-order chi connectivity index (χ1) is 10.3. The maximum Gasteiger partial charge on any atom is 0.240 e. The molecule has 0 spiro atoms. The van der Waals surface area contributed by atoms with E-state index in [9.17, 15) is 13.2 Å². The average Bonchev–Trinajstić information content (AvgIpc) is 2.43. The summed E-state index contributed by atoms with van der Waals surface area (Å²) in [4.78, 5) is 12.1. The standard InChI is InChI=1S/C15H24N2O4S/c1-5-7-12(2)16-15(18)11-17(22(4,19)20)13-8-6-9-14(10-13)21-3/h6,8-10,12H,5,7,11H2,1-4H3,(H,16,18)/t12-/m1/s1. The Morgan fingerprint density at radius 2 is 2.09 bits per heavy atom. The van der Waals surface area contributed by atoms with Gasteiger partial charge in [-0.2, -0.15) is 0 Å². The highest BCUT2D eigenvalue weighted by Crippen LogP contribution is 2.22. The molecule has 0 unspecified atom stereocenters. The van der Waals surface area contributed by atoms with Crippen molar-refractivity contribution in [3.8, 4) is 5.75 Å². The van der Waals surface area contributed by atoms with Crippen LogP contribution in [0.2, 0.25) is 0 Å². The zero-order valence-corrected chi connectivity index (χ0v) is 14.3. The maximum atomic E-state index is 12.1. The molecule has 1 atom stereocenters. The Morgan fingerprint density at radius 1 is 1.41 bits per heavy atom. The Bertz CT molecular complexity index is 601. The monoisotopic (exact) mass is 328 g/mol. The van der Waals surface area contributed by atoms with Crippen molar-refractivity contribution < 1.29 is 17.9 Å². The van der Waals surface area contributed by atoms with Gasteiger partial charge in [0.1, 0.15) is 12.3 Å². The number of carbonyl (C=O) groups is 1. The summed E-state index contributed by atoms with van der Waals surface area (Å²) >= 11 is 0. The average molecular weight is 328 g/mol. The molecule has 0 aliphatic heterocycles. The molecule has 0 heterocycles. The summed E-state index contributed by atoms with van der Waals surface area (Å²) in [5.74, 6) is 0.208. The molecule has 1 rings (SSSR count). The van der Waals surface area contributed by atoms with Gasteiger partial charge in [-0.05, 0) is 25.5 Å². The number of hydrogen-bond donors (Lipinski definition) is 1. The van der Waals surface area contributed by atoms with E-state index in [0.29, 0.717) is 11.4 Å². The third-order valence-corrected chi connectivity index (χ3v) is 4.30. The van der Waals surface area contributed by atoms with Crippen molar-refractivity contribution in [3.05, 3.63) is 24.3 Å². The van der Waals surface area contributed by atoms with Crippen LogP contribution in [0.3, 0.4) is 0 Å². The molecule has 0 aromatic heterocycles. The van der Waals surface area contributed by atoms with E-state index < -0.39 is 10.0 Å². The number of hydrogen-bond acceptors (Lipinski definition) is 4. The molecule has 7 heteroatoms. The minimum absolute atomic E-state index is 0.0178. The molecule has 0 aliphatic carbocycles. The van der Waals surface area contributed by atoms with E-state index in [0.717, 1.165) is 23.4 Å². The Labute approximate surface area is 132 Å². The molecule has 1 amide bonds. The normalized spacial score (nSPS) is 12.5. The number of nitrogens with one attached hydrogen (secondary N) is 1. The van der Waals surface area contributed by atoms with E-state index in [1.807, 2.05) is 13.8 Å². The Morgan fingerprint density at radius 3 is 2.64 bits per heavy atom. The second-order valence-electron chi connectivity index (χ2n) is 5.23. The molecule has 0 fully saturated rings. The van der Waals surface area contributed by atoms with Gasteiger partial charge >= 0.3 is 0 Å². The molecular weight excluding hydrogens is 304 g/mol. The molecule has 1 aromatic rings. The predicted molar refractivity (Wildman–Crippen MR) is 87.7 cm³/mol. The van der Waals surface area contributed by atoms with Gasteiger partial charge < -0.3 is 10.1 Å². The van der Waals surface area contributed by atoms with Crippen LogP contribution >= 0.6 is 0 Å². The Balaban J connectivity index is 2.93. The van der Waals surface area contributed by atoms with E-state index in [1.54, 1.807) is 24.3 Å². The van der Waals surface area contributed by atoms with Crippen LogP contribution in [-0.2, 0) is 14.8 Å². The maximum absolute atomic E-state index is 12.1. The van der Waals surface area contributed by atoms with E-state index in [2.05, 4.69) is 5.32 Å². The lowest BCUT2D eigenvalue weighted by Gasteiger charge is -2.23. The van der Waals surface area contributed by atoms with E-state index in [4.69, 9.17) is 4.74 Å². The molecule has 22 heavy (non-hydrogen) atoms. The largest absolute Gasteiger partial charge is 0.497 e. The highest BCUT2D eigenvalue weighted by Gasteiger charge is 2.21. The lowest BCUT2D eigenvalue weighted by Crippen LogP contribution is -2.43. The minimum atomic E-state index is -3.57. The lowest BCUT2D eigenvalue weighted by atomic mass is 10.2. The van der Waals surface area contributed by atoms with Gasteiger partial charge in [0, 0.05) is 12.1 Å². The van der Waals surface area contributed by atoms with Crippen LogP contribution in [0.5, 0.6) is 5.75 Å². The summed E-state index contributed by atoms with van der Waals surface area (Å²) in [5.41, 5.74) is 0.403. The van der Waals surface area contributed by atoms with Crippen molar-refractivity contribution in [2.75, 3.05) is 24.2 Å². The summed E-state index contributed by atoms with van der Waals surface area (Å²) in [7, 11) is -2.07. The number of nitrogens with zero attached hydrogens (tertiary/aromatic N) is 1. The van der Waals surface area contributed by atoms with Gasteiger partial charge in [-0.25, -0.2) is 8.42 Å². The zero-order chi connectivity index (χ0) is 16.8. The first-order valence-electron chi connectivity index (χ1n) is 7.19. The third kappa shape index (κ3) is 5.55. The van der Waals surface area contributed by atoms with Crippen molar-refractivity contribution in [1.29, 1.82) is 0 Å². The molecule has 1 aromatic carbocycles. The van der Waals surface area contributed by atoms with E-state index in [-0.39, 0.29) is 18.5 Å². The molecule has 0 saturated heterocycles. The number of rotatable bonds is 8. The molecule has 124 valence electrons. The Kier molecular flexibility index (Phi) is 6.67. The van der Waals surface area contributed by atoms with Gasteiger partial charge in [0.15, 0.2) is 0 Å². The van der Waals surface area contributed by atoms with Gasteiger partial charge in [-0.15, -0.1) is 0 Å².